The fraction of sp³-hybridized carbons (Fsp3) is 0.471. The average Bonchev–Trinajstić information content (AvgIpc) is 3.38. The molecular formula is C34H40F3N5O3. The van der Waals surface area contributed by atoms with Gasteiger partial charge >= 0.3 is 6.18 Å². The number of methoxy groups -OCH3 is 1. The van der Waals surface area contributed by atoms with Gasteiger partial charge in [0.1, 0.15) is 5.75 Å². The molecule has 11 heteroatoms. The van der Waals surface area contributed by atoms with Gasteiger partial charge in [0, 0.05) is 63.4 Å². The van der Waals surface area contributed by atoms with E-state index in [9.17, 15) is 13.2 Å². The lowest BCUT2D eigenvalue weighted by molar-refractivity contribution is -0.153. The third kappa shape index (κ3) is 7.66. The molecule has 0 N–H and O–H groups in total. The maximum atomic E-state index is 13.8. The lowest BCUT2D eigenvalue weighted by atomic mass is 10.0. The van der Waals surface area contributed by atoms with Crippen molar-refractivity contribution in [2.45, 2.75) is 64.1 Å². The second-order valence-corrected chi connectivity index (χ2v) is 12.0. The highest BCUT2D eigenvalue weighted by Gasteiger charge is 2.38. The zero-order valence-corrected chi connectivity index (χ0v) is 25.8. The highest BCUT2D eigenvalue weighted by Crippen LogP contribution is 2.34. The predicted molar refractivity (Wildman–Crippen MR) is 166 cm³/mol. The molecule has 8 nitrogen and oxygen atoms in total. The van der Waals surface area contributed by atoms with E-state index in [4.69, 9.17) is 24.3 Å². The van der Waals surface area contributed by atoms with Crippen LogP contribution in [0.4, 0.5) is 13.2 Å². The van der Waals surface area contributed by atoms with Crippen molar-refractivity contribution in [3.63, 3.8) is 0 Å². The van der Waals surface area contributed by atoms with Crippen LogP contribution in [-0.2, 0) is 22.6 Å². The van der Waals surface area contributed by atoms with Crippen LogP contribution in [0.3, 0.4) is 0 Å². The van der Waals surface area contributed by atoms with E-state index >= 15 is 0 Å². The van der Waals surface area contributed by atoms with Gasteiger partial charge in [-0.25, -0.2) is 9.67 Å². The van der Waals surface area contributed by atoms with Crippen molar-refractivity contribution in [2.75, 3.05) is 40.1 Å². The van der Waals surface area contributed by atoms with Crippen LogP contribution in [0.15, 0.2) is 60.7 Å². The summed E-state index contributed by atoms with van der Waals surface area (Å²) in [5.74, 6) is 0.683. The zero-order chi connectivity index (χ0) is 31.4. The number of ether oxygens (including phenoxy) is 3. The Morgan fingerprint density at radius 2 is 1.80 bits per heavy atom. The molecule has 240 valence electrons. The van der Waals surface area contributed by atoms with Crippen LogP contribution in [0, 0.1) is 6.92 Å². The third-order valence-electron chi connectivity index (χ3n) is 8.62. The number of hydrogen-bond acceptors (Lipinski definition) is 7. The average molecular weight is 624 g/mol. The molecule has 4 heterocycles. The number of aryl methyl sites for hydroxylation is 1. The van der Waals surface area contributed by atoms with Gasteiger partial charge in [0.15, 0.2) is 18.7 Å². The van der Waals surface area contributed by atoms with Crippen molar-refractivity contribution in [1.29, 1.82) is 0 Å². The summed E-state index contributed by atoms with van der Waals surface area (Å²) in [4.78, 5) is 9.21. The quantitative estimate of drug-likeness (QED) is 0.182. The molecule has 2 atom stereocenters. The van der Waals surface area contributed by atoms with E-state index in [0.717, 1.165) is 58.4 Å². The lowest BCUT2D eigenvalue weighted by Crippen LogP contribution is -2.53. The topological polar surface area (TPSA) is 64.9 Å². The largest absolute Gasteiger partial charge is 0.468 e. The lowest BCUT2D eigenvalue weighted by Gasteiger charge is -2.42. The van der Waals surface area contributed by atoms with E-state index in [-0.39, 0.29) is 13.0 Å². The Labute approximate surface area is 261 Å². The number of alkyl halides is 3. The summed E-state index contributed by atoms with van der Waals surface area (Å²) < 4.78 is 60.0. The van der Waals surface area contributed by atoms with Gasteiger partial charge in [-0.1, -0.05) is 30.3 Å². The number of hydrogen-bond donors (Lipinski definition) is 0. The number of pyridine rings is 1. The number of rotatable bonds is 10. The van der Waals surface area contributed by atoms with Crippen molar-refractivity contribution < 1.29 is 27.4 Å². The molecule has 2 aliphatic rings. The number of fused-ring (bicyclic) bond motifs is 1. The van der Waals surface area contributed by atoms with Gasteiger partial charge in [-0.05, 0) is 67.6 Å². The number of aromatic nitrogens is 3. The van der Waals surface area contributed by atoms with E-state index in [1.165, 1.54) is 0 Å². The predicted octanol–water partition coefficient (Wildman–Crippen LogP) is 6.73. The normalized spacial score (nSPS) is 20.1. The molecule has 0 bridgehead atoms. The highest BCUT2D eigenvalue weighted by molar-refractivity contribution is 5.85. The van der Waals surface area contributed by atoms with Crippen molar-refractivity contribution in [3.8, 4) is 17.0 Å². The molecule has 2 fully saturated rings. The van der Waals surface area contributed by atoms with E-state index in [1.807, 2.05) is 71.1 Å². The Bertz CT molecular complexity index is 1560. The summed E-state index contributed by atoms with van der Waals surface area (Å²) in [5.41, 5.74) is 5.26. The van der Waals surface area contributed by atoms with E-state index < -0.39 is 18.6 Å². The van der Waals surface area contributed by atoms with E-state index in [2.05, 4.69) is 11.0 Å². The molecule has 45 heavy (non-hydrogen) atoms. The molecular weight excluding hydrogens is 583 g/mol. The number of nitrogens with zero attached hydrogens (tertiary/aromatic N) is 5. The Kier molecular flexibility index (Phi) is 9.70. The van der Waals surface area contributed by atoms with Crippen LogP contribution >= 0.6 is 0 Å². The molecule has 0 amide bonds. The first-order valence-corrected chi connectivity index (χ1v) is 15.6. The van der Waals surface area contributed by atoms with Gasteiger partial charge in [0.25, 0.3) is 0 Å². The van der Waals surface area contributed by atoms with Crippen molar-refractivity contribution in [1.82, 2.24) is 24.6 Å². The van der Waals surface area contributed by atoms with Crippen LogP contribution in [0.2, 0.25) is 0 Å². The van der Waals surface area contributed by atoms with Crippen LogP contribution in [-0.4, -0.2) is 76.9 Å². The Hall–Kier alpha value is -3.51. The molecule has 2 saturated heterocycles. The number of halogens is 3. The first kappa shape index (κ1) is 31.5. The minimum absolute atomic E-state index is 0.154. The SMILES string of the molecule is COCOc1ccc(-c2cc(CN3CCN(Cc4ccccc4)C(CC(F)(F)F)C3)c3c(C)nn(C4CCCCO4)c3n2)cc1. The third-order valence-corrected chi connectivity index (χ3v) is 8.62. The smallest absolute Gasteiger partial charge is 0.390 e. The fourth-order valence-electron chi connectivity index (χ4n) is 6.47. The number of benzene rings is 2. The molecule has 0 saturated carbocycles. The second kappa shape index (κ2) is 13.9. The summed E-state index contributed by atoms with van der Waals surface area (Å²) in [7, 11) is 1.57. The maximum Gasteiger partial charge on any atom is 0.390 e. The first-order chi connectivity index (χ1) is 21.8. The fourth-order valence-corrected chi connectivity index (χ4v) is 6.47. The summed E-state index contributed by atoms with van der Waals surface area (Å²) in [6.07, 6.45) is -2.38. The van der Waals surface area contributed by atoms with Gasteiger partial charge in [0.2, 0.25) is 0 Å². The standard InChI is InChI=1S/C34H40F3N5O3/c1-24-32-27(21-40-15-16-41(20-25-8-4-3-5-9-25)28(22-40)19-34(35,36)37)18-30(26-11-13-29(14-12-26)45-23-43-2)38-33(32)42(39-24)31-10-6-7-17-44-31/h3-5,8-9,11-14,18,28,31H,6-7,10,15-17,19-23H2,1-2H3. The van der Waals surface area contributed by atoms with Crippen molar-refractivity contribution in [2.24, 2.45) is 0 Å². The Morgan fingerprint density at radius 3 is 2.51 bits per heavy atom. The van der Waals surface area contributed by atoms with Crippen LogP contribution in [0.25, 0.3) is 22.3 Å². The molecule has 2 aliphatic heterocycles. The zero-order valence-electron chi connectivity index (χ0n) is 25.8. The summed E-state index contributed by atoms with van der Waals surface area (Å²) in [6, 6.07) is 18.8. The minimum Gasteiger partial charge on any atom is -0.468 e. The van der Waals surface area contributed by atoms with Gasteiger partial charge in [-0.2, -0.15) is 18.3 Å². The summed E-state index contributed by atoms with van der Waals surface area (Å²) >= 11 is 0. The van der Waals surface area contributed by atoms with E-state index in [0.29, 0.717) is 45.1 Å². The minimum atomic E-state index is -4.25. The molecule has 0 aliphatic carbocycles. The van der Waals surface area contributed by atoms with Gasteiger partial charge in [-0.3, -0.25) is 9.80 Å². The Balaban J connectivity index is 1.32. The maximum absolute atomic E-state index is 13.8. The molecule has 0 spiro atoms. The first-order valence-electron chi connectivity index (χ1n) is 15.6. The van der Waals surface area contributed by atoms with Gasteiger partial charge in [-0.15, -0.1) is 0 Å². The summed E-state index contributed by atoms with van der Waals surface area (Å²) in [5, 5.41) is 5.83. The molecule has 4 aromatic rings. The van der Waals surface area contributed by atoms with Crippen LogP contribution < -0.4 is 4.74 Å². The molecule has 2 aromatic carbocycles. The molecule has 0 radical (unpaired) electrons. The number of piperazine rings is 1. The molecule has 2 unspecified atom stereocenters. The summed E-state index contributed by atoms with van der Waals surface area (Å²) in [6.45, 7) is 5.31. The van der Waals surface area contributed by atoms with Crippen LogP contribution in [0.5, 0.6) is 5.75 Å². The van der Waals surface area contributed by atoms with Crippen molar-refractivity contribution >= 4 is 11.0 Å². The second-order valence-electron chi connectivity index (χ2n) is 12.0. The Morgan fingerprint density at radius 1 is 1.00 bits per heavy atom. The van der Waals surface area contributed by atoms with Crippen molar-refractivity contribution in [3.05, 3.63) is 77.5 Å². The van der Waals surface area contributed by atoms with Gasteiger partial charge in [0.05, 0.1) is 17.8 Å². The van der Waals surface area contributed by atoms with Gasteiger partial charge < -0.3 is 14.2 Å². The monoisotopic (exact) mass is 623 g/mol. The highest BCUT2D eigenvalue weighted by atomic mass is 19.4. The van der Waals surface area contributed by atoms with E-state index in [1.54, 1.807) is 7.11 Å². The molecule has 6 rings (SSSR count). The van der Waals surface area contributed by atoms with Crippen LogP contribution in [0.1, 0.15) is 48.7 Å². The molecule has 2 aromatic heterocycles.